The minimum atomic E-state index is -1.06. The highest BCUT2D eigenvalue weighted by Crippen LogP contribution is 2.32. The number of hydrogen-bond acceptors (Lipinski definition) is 4. The second-order valence-corrected chi connectivity index (χ2v) is 6.31. The molecule has 1 fully saturated rings. The molecule has 1 aliphatic rings. The number of ether oxygens (including phenoxy) is 1. The Morgan fingerprint density at radius 1 is 1.50 bits per heavy atom. The molecule has 6 nitrogen and oxygen atoms in total. The van der Waals surface area contributed by atoms with Gasteiger partial charge in [-0.25, -0.2) is 9.78 Å². The van der Waals surface area contributed by atoms with Crippen molar-refractivity contribution in [3.8, 4) is 0 Å². The number of hydrogen-bond donors (Lipinski definition) is 1. The molecule has 0 atom stereocenters. The van der Waals surface area contributed by atoms with Gasteiger partial charge in [0.2, 0.25) is 0 Å². The second kappa shape index (κ2) is 5.09. The molecule has 1 amide bonds. The SMILES string of the molecule is CCCn1ccnc1C1(O)CN(C(=O)OC(C)(C)C)C1. The Balaban J connectivity index is 2.00. The third-order valence-corrected chi connectivity index (χ3v) is 3.15. The number of rotatable bonds is 3. The summed E-state index contributed by atoms with van der Waals surface area (Å²) in [6.07, 6.45) is 4.11. The average Bonchev–Trinajstić information content (AvgIpc) is 2.71. The van der Waals surface area contributed by atoms with E-state index in [1.54, 1.807) is 6.20 Å². The van der Waals surface area contributed by atoms with Gasteiger partial charge in [0.25, 0.3) is 0 Å². The molecule has 2 rings (SSSR count). The Kier molecular flexibility index (Phi) is 3.77. The molecule has 1 aromatic rings. The maximum absolute atomic E-state index is 11.9. The van der Waals surface area contributed by atoms with Crippen molar-refractivity contribution < 1.29 is 14.6 Å². The Hall–Kier alpha value is -1.56. The summed E-state index contributed by atoms with van der Waals surface area (Å²) in [5, 5.41) is 10.6. The molecule has 0 aromatic carbocycles. The van der Waals surface area contributed by atoms with Gasteiger partial charge in [0, 0.05) is 18.9 Å². The van der Waals surface area contributed by atoms with Crippen molar-refractivity contribution in [3.05, 3.63) is 18.2 Å². The summed E-state index contributed by atoms with van der Waals surface area (Å²) in [6, 6.07) is 0. The highest BCUT2D eigenvalue weighted by Gasteiger charge is 2.49. The van der Waals surface area contributed by atoms with Crippen molar-refractivity contribution in [3.63, 3.8) is 0 Å². The minimum absolute atomic E-state index is 0.225. The van der Waals surface area contributed by atoms with E-state index < -0.39 is 17.3 Å². The van der Waals surface area contributed by atoms with Gasteiger partial charge in [-0.1, -0.05) is 6.92 Å². The van der Waals surface area contributed by atoms with Crippen LogP contribution < -0.4 is 0 Å². The molecule has 2 heterocycles. The van der Waals surface area contributed by atoms with Gasteiger partial charge in [0.05, 0.1) is 13.1 Å². The predicted molar refractivity (Wildman–Crippen MR) is 74.2 cm³/mol. The fourth-order valence-corrected chi connectivity index (χ4v) is 2.32. The van der Waals surface area contributed by atoms with Gasteiger partial charge < -0.3 is 19.3 Å². The van der Waals surface area contributed by atoms with Crippen LogP contribution >= 0.6 is 0 Å². The van der Waals surface area contributed by atoms with Gasteiger partial charge in [0.1, 0.15) is 11.4 Å². The summed E-state index contributed by atoms with van der Waals surface area (Å²) >= 11 is 0. The number of aryl methyl sites for hydroxylation is 1. The number of imidazole rings is 1. The number of carbonyl (C=O) groups is 1. The van der Waals surface area contributed by atoms with E-state index in [9.17, 15) is 9.90 Å². The molecule has 0 unspecified atom stereocenters. The van der Waals surface area contributed by atoms with Crippen molar-refractivity contribution in [2.75, 3.05) is 13.1 Å². The molecule has 20 heavy (non-hydrogen) atoms. The van der Waals surface area contributed by atoms with Crippen LogP contribution in [0.25, 0.3) is 0 Å². The molecule has 1 aliphatic heterocycles. The molecule has 0 aliphatic carbocycles. The van der Waals surface area contributed by atoms with Crippen LogP contribution in [0.4, 0.5) is 4.79 Å². The Bertz CT molecular complexity index is 484. The lowest BCUT2D eigenvalue weighted by molar-refractivity contribution is -0.110. The van der Waals surface area contributed by atoms with Gasteiger partial charge in [-0.15, -0.1) is 0 Å². The largest absolute Gasteiger partial charge is 0.444 e. The number of aromatic nitrogens is 2. The van der Waals surface area contributed by atoms with Crippen LogP contribution in [0.1, 0.15) is 39.9 Å². The summed E-state index contributed by atoms with van der Waals surface area (Å²) in [5.41, 5.74) is -1.58. The van der Waals surface area contributed by atoms with E-state index in [2.05, 4.69) is 11.9 Å². The van der Waals surface area contributed by atoms with E-state index in [1.165, 1.54) is 4.90 Å². The van der Waals surface area contributed by atoms with Crippen molar-refractivity contribution in [2.24, 2.45) is 0 Å². The number of β-amino-alcohol motifs (C(OH)–C–C–N with tert-alkyl or cyclic N) is 1. The number of likely N-dealkylation sites (tertiary alicyclic amines) is 1. The maximum Gasteiger partial charge on any atom is 0.410 e. The lowest BCUT2D eigenvalue weighted by Crippen LogP contribution is -2.62. The zero-order chi connectivity index (χ0) is 15.0. The molecule has 0 saturated carbocycles. The highest BCUT2D eigenvalue weighted by molar-refractivity contribution is 5.69. The lowest BCUT2D eigenvalue weighted by atomic mass is 9.93. The van der Waals surface area contributed by atoms with E-state index in [4.69, 9.17) is 4.74 Å². The quantitative estimate of drug-likeness (QED) is 0.916. The zero-order valence-corrected chi connectivity index (χ0v) is 12.6. The fraction of sp³-hybridized carbons (Fsp3) is 0.714. The van der Waals surface area contributed by atoms with Crippen LogP contribution in [0.3, 0.4) is 0 Å². The van der Waals surface area contributed by atoms with Crippen LogP contribution in [0.2, 0.25) is 0 Å². The second-order valence-electron chi connectivity index (χ2n) is 6.31. The molecule has 0 spiro atoms. The summed E-state index contributed by atoms with van der Waals surface area (Å²) in [4.78, 5) is 17.6. The van der Waals surface area contributed by atoms with Gasteiger partial charge >= 0.3 is 6.09 Å². The van der Waals surface area contributed by atoms with Crippen molar-refractivity contribution in [1.82, 2.24) is 14.5 Å². The van der Waals surface area contributed by atoms with Crippen LogP contribution in [0.15, 0.2) is 12.4 Å². The van der Waals surface area contributed by atoms with E-state index in [-0.39, 0.29) is 13.1 Å². The van der Waals surface area contributed by atoms with Crippen molar-refractivity contribution >= 4 is 6.09 Å². The zero-order valence-electron chi connectivity index (χ0n) is 12.6. The first-order valence-electron chi connectivity index (χ1n) is 6.97. The molecule has 112 valence electrons. The molecule has 1 aromatic heterocycles. The first-order chi connectivity index (χ1) is 9.25. The first-order valence-corrected chi connectivity index (χ1v) is 6.97. The molecule has 1 saturated heterocycles. The normalized spacial score (nSPS) is 17.8. The molecular formula is C14H23N3O3. The third-order valence-electron chi connectivity index (χ3n) is 3.15. The summed E-state index contributed by atoms with van der Waals surface area (Å²) in [5.74, 6) is 0.624. The maximum atomic E-state index is 11.9. The van der Waals surface area contributed by atoms with Crippen LogP contribution in [0, 0.1) is 0 Å². The van der Waals surface area contributed by atoms with Gasteiger partial charge in [-0.2, -0.15) is 0 Å². The van der Waals surface area contributed by atoms with Gasteiger partial charge in [-0.05, 0) is 27.2 Å². The van der Waals surface area contributed by atoms with E-state index in [0.29, 0.717) is 5.82 Å². The average molecular weight is 281 g/mol. The third kappa shape index (κ3) is 2.95. The van der Waals surface area contributed by atoms with Crippen molar-refractivity contribution in [1.29, 1.82) is 0 Å². The van der Waals surface area contributed by atoms with E-state index >= 15 is 0 Å². The number of nitrogens with zero attached hydrogens (tertiary/aromatic N) is 3. The summed E-state index contributed by atoms with van der Waals surface area (Å²) in [6.45, 7) is 8.80. The molecular weight excluding hydrogens is 258 g/mol. The molecule has 6 heteroatoms. The van der Waals surface area contributed by atoms with Gasteiger partial charge in [0.15, 0.2) is 5.60 Å². The van der Waals surface area contributed by atoms with Crippen LogP contribution in [0.5, 0.6) is 0 Å². The van der Waals surface area contributed by atoms with Gasteiger partial charge in [-0.3, -0.25) is 0 Å². The lowest BCUT2D eigenvalue weighted by Gasteiger charge is -2.45. The first kappa shape index (κ1) is 14.8. The van der Waals surface area contributed by atoms with Crippen molar-refractivity contribution in [2.45, 2.75) is 51.9 Å². The molecule has 1 N–H and O–H groups in total. The minimum Gasteiger partial charge on any atom is -0.444 e. The highest BCUT2D eigenvalue weighted by atomic mass is 16.6. The van der Waals surface area contributed by atoms with Crippen LogP contribution in [-0.4, -0.2) is 44.3 Å². The standard InChI is InChI=1S/C14H23N3O3/c1-5-7-16-8-6-15-11(16)14(19)9-17(10-14)12(18)20-13(2,3)4/h6,8,19H,5,7,9-10H2,1-4H3. The predicted octanol–water partition coefficient (Wildman–Crippen LogP) is 1.73. The summed E-state index contributed by atoms with van der Waals surface area (Å²) < 4.78 is 7.22. The molecule has 0 bridgehead atoms. The van der Waals surface area contributed by atoms with Crippen LogP contribution in [-0.2, 0) is 16.9 Å². The number of carbonyl (C=O) groups excluding carboxylic acids is 1. The Morgan fingerprint density at radius 2 is 2.15 bits per heavy atom. The monoisotopic (exact) mass is 281 g/mol. The smallest absolute Gasteiger partial charge is 0.410 e. The Morgan fingerprint density at radius 3 is 2.70 bits per heavy atom. The van der Waals surface area contributed by atoms with E-state index in [0.717, 1.165) is 13.0 Å². The van der Waals surface area contributed by atoms with E-state index in [1.807, 2.05) is 31.5 Å². The molecule has 0 radical (unpaired) electrons. The topological polar surface area (TPSA) is 67.6 Å². The summed E-state index contributed by atoms with van der Waals surface area (Å²) in [7, 11) is 0. The number of aliphatic hydroxyl groups is 1. The Labute approximate surface area is 119 Å². The fourth-order valence-electron chi connectivity index (χ4n) is 2.32. The number of amides is 1.